The average molecular weight is 333 g/mol. The molecule has 25 heavy (non-hydrogen) atoms. The zero-order valence-electron chi connectivity index (χ0n) is 13.4. The Kier molecular flexibility index (Phi) is 3.90. The van der Waals surface area contributed by atoms with Crippen molar-refractivity contribution in [3.05, 3.63) is 77.7 Å². The van der Waals surface area contributed by atoms with Gasteiger partial charge in [0.05, 0.1) is 17.5 Å². The predicted molar refractivity (Wildman–Crippen MR) is 95.6 cm³/mol. The van der Waals surface area contributed by atoms with E-state index in [1.54, 1.807) is 18.3 Å². The maximum absolute atomic E-state index is 12.9. The summed E-state index contributed by atoms with van der Waals surface area (Å²) in [5.74, 6) is -0.353. The molecule has 2 heterocycles. The van der Waals surface area contributed by atoms with Crippen LogP contribution in [0, 0.1) is 5.82 Å². The molecule has 0 unspecified atom stereocenters. The summed E-state index contributed by atoms with van der Waals surface area (Å²) in [5.41, 5.74) is 4.68. The van der Waals surface area contributed by atoms with E-state index in [1.807, 2.05) is 30.3 Å². The summed E-state index contributed by atoms with van der Waals surface area (Å²) in [4.78, 5) is 19.9. The lowest BCUT2D eigenvalue weighted by molar-refractivity contribution is -0.120. The summed E-state index contributed by atoms with van der Waals surface area (Å²) < 4.78 is 12.9. The molecule has 2 aromatic heterocycles. The first-order valence-corrected chi connectivity index (χ1v) is 8.05. The number of nitrogens with one attached hydrogen (secondary N) is 2. The van der Waals surface area contributed by atoms with E-state index in [-0.39, 0.29) is 11.7 Å². The smallest absolute Gasteiger partial charge is 0.224 e. The maximum atomic E-state index is 12.9. The summed E-state index contributed by atoms with van der Waals surface area (Å²) >= 11 is 0. The van der Waals surface area contributed by atoms with E-state index in [0.717, 1.165) is 33.1 Å². The highest BCUT2D eigenvalue weighted by molar-refractivity contribution is 6.05. The Labute approximate surface area is 143 Å². The molecular weight excluding hydrogens is 317 g/mol. The number of pyridine rings is 1. The van der Waals surface area contributed by atoms with Crippen molar-refractivity contribution in [2.75, 3.05) is 0 Å². The normalized spacial score (nSPS) is 11.1. The van der Waals surface area contributed by atoms with Crippen LogP contribution in [0.25, 0.3) is 21.9 Å². The molecule has 4 aromatic rings. The van der Waals surface area contributed by atoms with Crippen molar-refractivity contribution in [1.29, 1.82) is 0 Å². The molecule has 0 saturated carbocycles. The van der Waals surface area contributed by atoms with Crippen molar-refractivity contribution in [3.63, 3.8) is 0 Å². The quantitative estimate of drug-likeness (QED) is 0.598. The molecule has 0 aliphatic rings. The summed E-state index contributed by atoms with van der Waals surface area (Å²) in [6, 6.07) is 15.9. The second kappa shape index (κ2) is 6.36. The number of nitrogens with zero attached hydrogens (tertiary/aromatic N) is 1. The molecule has 2 N–H and O–H groups in total. The molecule has 0 saturated heterocycles. The van der Waals surface area contributed by atoms with Gasteiger partial charge in [0.15, 0.2) is 0 Å². The second-order valence-electron chi connectivity index (χ2n) is 5.98. The van der Waals surface area contributed by atoms with Gasteiger partial charge in [-0.15, -0.1) is 0 Å². The highest BCUT2D eigenvalue weighted by Gasteiger charge is 2.08. The van der Waals surface area contributed by atoms with Crippen molar-refractivity contribution in [3.8, 4) is 0 Å². The molecule has 0 aliphatic carbocycles. The third kappa shape index (κ3) is 3.21. The number of H-pyrrole nitrogens is 1. The second-order valence-corrected chi connectivity index (χ2v) is 5.98. The monoisotopic (exact) mass is 333 g/mol. The average Bonchev–Trinajstić information content (AvgIpc) is 2.99. The lowest BCUT2D eigenvalue weighted by Crippen LogP contribution is -2.24. The van der Waals surface area contributed by atoms with Gasteiger partial charge in [0, 0.05) is 23.6 Å². The first-order valence-electron chi connectivity index (χ1n) is 8.05. The molecule has 4 nitrogen and oxygen atoms in total. The Morgan fingerprint density at radius 3 is 2.68 bits per heavy atom. The summed E-state index contributed by atoms with van der Waals surface area (Å²) in [7, 11) is 0. The number of halogens is 1. The number of rotatable bonds is 4. The summed E-state index contributed by atoms with van der Waals surface area (Å²) in [6.07, 6.45) is 2.06. The standard InChI is InChI=1S/C20H16FN3O/c21-15-6-3-13(4-7-15)12-23-19(25)11-14-5-8-16-18(10-14)24-17-2-1-9-22-20(16)17/h1-10,24H,11-12H2,(H,23,25). The Bertz CT molecular complexity index is 1050. The largest absolute Gasteiger partial charge is 0.353 e. The number of aromatic amines is 1. The zero-order chi connectivity index (χ0) is 17.2. The molecule has 124 valence electrons. The van der Waals surface area contributed by atoms with Crippen molar-refractivity contribution in [2.45, 2.75) is 13.0 Å². The van der Waals surface area contributed by atoms with Gasteiger partial charge >= 0.3 is 0 Å². The molecule has 4 rings (SSSR count). The van der Waals surface area contributed by atoms with Crippen LogP contribution in [0.4, 0.5) is 4.39 Å². The SMILES string of the molecule is O=C(Cc1ccc2c(c1)[nH]c1cccnc12)NCc1ccc(F)cc1. The number of carbonyl (C=O) groups is 1. The molecule has 0 fully saturated rings. The number of benzene rings is 2. The van der Waals surface area contributed by atoms with Crippen LogP contribution in [0.3, 0.4) is 0 Å². The molecular formula is C20H16FN3O. The maximum Gasteiger partial charge on any atom is 0.224 e. The number of hydrogen-bond donors (Lipinski definition) is 2. The lowest BCUT2D eigenvalue weighted by atomic mass is 10.1. The van der Waals surface area contributed by atoms with E-state index in [1.165, 1.54) is 12.1 Å². The van der Waals surface area contributed by atoms with Crippen molar-refractivity contribution >= 4 is 27.8 Å². The molecule has 0 atom stereocenters. The van der Waals surface area contributed by atoms with Gasteiger partial charge in [0.25, 0.3) is 0 Å². The van der Waals surface area contributed by atoms with Gasteiger partial charge in [0.2, 0.25) is 5.91 Å². The Morgan fingerprint density at radius 1 is 1.04 bits per heavy atom. The van der Waals surface area contributed by atoms with Gasteiger partial charge in [-0.3, -0.25) is 9.78 Å². The predicted octanol–water partition coefficient (Wildman–Crippen LogP) is 3.71. The van der Waals surface area contributed by atoms with E-state index >= 15 is 0 Å². The van der Waals surface area contributed by atoms with Crippen LogP contribution in [-0.4, -0.2) is 15.9 Å². The molecule has 0 radical (unpaired) electrons. The van der Waals surface area contributed by atoms with Crippen LogP contribution >= 0.6 is 0 Å². The Morgan fingerprint density at radius 2 is 1.84 bits per heavy atom. The highest BCUT2D eigenvalue weighted by Crippen LogP contribution is 2.24. The first kappa shape index (κ1) is 15.3. The summed E-state index contributed by atoms with van der Waals surface area (Å²) in [5, 5.41) is 3.90. The minimum absolute atomic E-state index is 0.0714. The lowest BCUT2D eigenvalue weighted by Gasteiger charge is -2.06. The molecule has 0 bridgehead atoms. The van der Waals surface area contributed by atoms with Crippen molar-refractivity contribution < 1.29 is 9.18 Å². The fourth-order valence-electron chi connectivity index (χ4n) is 2.93. The first-order chi connectivity index (χ1) is 12.2. The van der Waals surface area contributed by atoms with Crippen LogP contribution in [0.5, 0.6) is 0 Å². The van der Waals surface area contributed by atoms with E-state index in [2.05, 4.69) is 15.3 Å². The number of fused-ring (bicyclic) bond motifs is 3. The third-order valence-corrected chi connectivity index (χ3v) is 4.18. The molecule has 0 aliphatic heterocycles. The van der Waals surface area contributed by atoms with Gasteiger partial charge in [0.1, 0.15) is 5.82 Å². The number of aromatic nitrogens is 2. The molecule has 5 heteroatoms. The van der Waals surface area contributed by atoms with E-state index in [4.69, 9.17) is 0 Å². The Hall–Kier alpha value is -3.21. The van der Waals surface area contributed by atoms with Gasteiger partial charge in [-0.25, -0.2) is 4.39 Å². The molecule has 2 aromatic carbocycles. The minimum atomic E-state index is -0.281. The van der Waals surface area contributed by atoms with Gasteiger partial charge in [-0.05, 0) is 41.5 Å². The van der Waals surface area contributed by atoms with Gasteiger partial charge in [-0.2, -0.15) is 0 Å². The van der Waals surface area contributed by atoms with Crippen molar-refractivity contribution in [1.82, 2.24) is 15.3 Å². The topological polar surface area (TPSA) is 57.8 Å². The number of carbonyl (C=O) groups excluding carboxylic acids is 1. The fraction of sp³-hybridized carbons (Fsp3) is 0.100. The molecule has 0 spiro atoms. The number of amides is 1. The van der Waals surface area contributed by atoms with E-state index < -0.39 is 0 Å². The molecule has 1 amide bonds. The van der Waals surface area contributed by atoms with Crippen LogP contribution < -0.4 is 5.32 Å². The zero-order valence-corrected chi connectivity index (χ0v) is 13.4. The van der Waals surface area contributed by atoms with Gasteiger partial charge < -0.3 is 10.3 Å². The summed E-state index contributed by atoms with van der Waals surface area (Å²) in [6.45, 7) is 0.387. The van der Waals surface area contributed by atoms with Gasteiger partial charge in [-0.1, -0.05) is 24.3 Å². The number of hydrogen-bond acceptors (Lipinski definition) is 2. The fourth-order valence-corrected chi connectivity index (χ4v) is 2.93. The minimum Gasteiger partial charge on any atom is -0.353 e. The van der Waals surface area contributed by atoms with E-state index in [0.29, 0.717) is 13.0 Å². The Balaban J connectivity index is 1.47. The van der Waals surface area contributed by atoms with Crippen molar-refractivity contribution in [2.24, 2.45) is 0 Å². The van der Waals surface area contributed by atoms with E-state index in [9.17, 15) is 9.18 Å². The highest BCUT2D eigenvalue weighted by atomic mass is 19.1. The third-order valence-electron chi connectivity index (χ3n) is 4.18. The van der Waals surface area contributed by atoms with Crippen LogP contribution in [0.1, 0.15) is 11.1 Å². The van der Waals surface area contributed by atoms with Crippen LogP contribution in [0.15, 0.2) is 60.8 Å². The van der Waals surface area contributed by atoms with Crippen LogP contribution in [-0.2, 0) is 17.8 Å². The van der Waals surface area contributed by atoms with Crippen LogP contribution in [0.2, 0.25) is 0 Å².